The van der Waals surface area contributed by atoms with Crippen LogP contribution in [0.2, 0.25) is 0 Å². The van der Waals surface area contributed by atoms with Gasteiger partial charge in [0.25, 0.3) is 0 Å². The van der Waals surface area contributed by atoms with E-state index in [-0.39, 0.29) is 22.7 Å². The topological polar surface area (TPSA) is 98.4 Å². The first-order valence-corrected chi connectivity index (χ1v) is 8.14. The summed E-state index contributed by atoms with van der Waals surface area (Å²) >= 11 is 0. The Kier molecular flexibility index (Phi) is 4.46. The van der Waals surface area contributed by atoms with Crippen molar-refractivity contribution < 1.29 is 14.3 Å². The molecule has 0 unspecified atom stereocenters. The standard InChI is InChI=1S/C19H20N4O3/c1-19(2)13-6-4-5-7-14(13)23(3)15(19)10-12(24)11-26-18(25)16-17(20)22-9-8-21-16/h4-10H,11H2,1-3H3,(H2,20,22)/b15-10+. The number of carbonyl (C=O) groups excluding carboxylic acids is 2. The molecule has 0 amide bonds. The Bertz CT molecular complexity index is 905. The number of para-hydroxylation sites is 1. The van der Waals surface area contributed by atoms with Gasteiger partial charge in [0.15, 0.2) is 23.9 Å². The van der Waals surface area contributed by atoms with Gasteiger partial charge in [-0.05, 0) is 11.6 Å². The monoisotopic (exact) mass is 352 g/mol. The third-order valence-corrected chi connectivity index (χ3v) is 4.50. The molecule has 0 fully saturated rings. The highest BCUT2D eigenvalue weighted by atomic mass is 16.5. The number of esters is 1. The van der Waals surface area contributed by atoms with Gasteiger partial charge in [-0.1, -0.05) is 32.0 Å². The molecule has 2 aromatic rings. The zero-order valence-electron chi connectivity index (χ0n) is 14.9. The van der Waals surface area contributed by atoms with Gasteiger partial charge in [-0.3, -0.25) is 4.79 Å². The van der Waals surface area contributed by atoms with Crippen LogP contribution >= 0.6 is 0 Å². The molecule has 0 saturated heterocycles. The third kappa shape index (κ3) is 3.03. The molecule has 3 rings (SSSR count). The summed E-state index contributed by atoms with van der Waals surface area (Å²) < 4.78 is 5.03. The number of rotatable bonds is 4. The summed E-state index contributed by atoms with van der Waals surface area (Å²) in [7, 11) is 1.92. The lowest BCUT2D eigenvalue weighted by Gasteiger charge is -2.23. The predicted octanol–water partition coefficient (Wildman–Crippen LogP) is 2.10. The van der Waals surface area contributed by atoms with E-state index in [2.05, 4.69) is 23.8 Å². The normalized spacial score (nSPS) is 16.4. The number of likely N-dealkylation sites (N-methyl/N-ethyl adjacent to an activating group) is 1. The Morgan fingerprint density at radius 3 is 2.62 bits per heavy atom. The van der Waals surface area contributed by atoms with Gasteiger partial charge in [0.2, 0.25) is 0 Å². The molecule has 0 aliphatic carbocycles. The van der Waals surface area contributed by atoms with Crippen molar-refractivity contribution in [1.29, 1.82) is 0 Å². The van der Waals surface area contributed by atoms with Gasteiger partial charge in [-0.25, -0.2) is 14.8 Å². The number of hydrogen-bond acceptors (Lipinski definition) is 7. The number of ether oxygens (including phenoxy) is 1. The van der Waals surface area contributed by atoms with E-state index in [9.17, 15) is 9.59 Å². The van der Waals surface area contributed by atoms with E-state index in [1.54, 1.807) is 0 Å². The molecule has 2 N–H and O–H groups in total. The van der Waals surface area contributed by atoms with Crippen LogP contribution in [0.15, 0.2) is 48.4 Å². The summed E-state index contributed by atoms with van der Waals surface area (Å²) in [4.78, 5) is 33.9. The quantitative estimate of drug-likeness (QED) is 0.664. The molecule has 0 spiro atoms. The number of hydrogen-bond donors (Lipinski definition) is 1. The largest absolute Gasteiger partial charge is 0.452 e. The van der Waals surface area contributed by atoms with Gasteiger partial charge in [0.1, 0.15) is 0 Å². The lowest BCUT2D eigenvalue weighted by atomic mass is 9.83. The van der Waals surface area contributed by atoms with Crippen LogP contribution in [0.4, 0.5) is 11.5 Å². The van der Waals surface area contributed by atoms with Crippen LogP contribution in [0, 0.1) is 0 Å². The number of ketones is 1. The number of nitrogens with zero attached hydrogens (tertiary/aromatic N) is 3. The highest BCUT2D eigenvalue weighted by Gasteiger charge is 2.38. The molecule has 0 saturated carbocycles. The molecule has 0 atom stereocenters. The Labute approximate surface area is 151 Å². The minimum absolute atomic E-state index is 0.0320. The lowest BCUT2D eigenvalue weighted by molar-refractivity contribution is -0.117. The maximum absolute atomic E-state index is 12.4. The first-order chi connectivity index (χ1) is 12.3. The third-order valence-electron chi connectivity index (χ3n) is 4.50. The van der Waals surface area contributed by atoms with Crippen molar-refractivity contribution in [3.63, 3.8) is 0 Å². The van der Waals surface area contributed by atoms with E-state index in [0.29, 0.717) is 0 Å². The average molecular weight is 352 g/mol. The highest BCUT2D eigenvalue weighted by molar-refractivity contribution is 5.97. The Hall–Kier alpha value is -3.22. The summed E-state index contributed by atoms with van der Waals surface area (Å²) in [5.74, 6) is -1.12. The van der Waals surface area contributed by atoms with Gasteiger partial charge < -0.3 is 15.4 Å². The van der Waals surface area contributed by atoms with E-state index in [0.717, 1.165) is 16.9 Å². The molecule has 1 aromatic carbocycles. The number of nitrogen functional groups attached to an aromatic ring is 1. The van der Waals surface area contributed by atoms with E-state index in [1.165, 1.54) is 18.5 Å². The summed E-state index contributed by atoms with van der Waals surface area (Å²) in [6.45, 7) is 3.72. The predicted molar refractivity (Wildman–Crippen MR) is 97.7 cm³/mol. The molecule has 1 aromatic heterocycles. The number of anilines is 2. The first-order valence-electron chi connectivity index (χ1n) is 8.14. The molecular formula is C19H20N4O3. The van der Waals surface area contributed by atoms with Crippen LogP contribution in [-0.2, 0) is 14.9 Å². The van der Waals surface area contributed by atoms with Gasteiger partial charge in [0.05, 0.1) is 0 Å². The van der Waals surface area contributed by atoms with Gasteiger partial charge in [-0.2, -0.15) is 0 Å². The van der Waals surface area contributed by atoms with Gasteiger partial charge in [-0.15, -0.1) is 0 Å². The SMILES string of the molecule is CN1/C(=C/C(=O)COC(=O)c2nccnc2N)C(C)(C)c2ccccc21. The van der Waals surface area contributed by atoms with Crippen molar-refractivity contribution in [3.8, 4) is 0 Å². The van der Waals surface area contributed by atoms with Crippen molar-refractivity contribution in [2.75, 3.05) is 24.3 Å². The average Bonchev–Trinajstić information content (AvgIpc) is 2.81. The van der Waals surface area contributed by atoms with E-state index < -0.39 is 12.6 Å². The minimum atomic E-state index is -0.773. The van der Waals surface area contributed by atoms with Crippen molar-refractivity contribution in [2.24, 2.45) is 0 Å². The van der Waals surface area contributed by atoms with E-state index in [1.807, 2.05) is 36.2 Å². The minimum Gasteiger partial charge on any atom is -0.452 e. The van der Waals surface area contributed by atoms with Gasteiger partial charge in [0, 0.05) is 42.3 Å². The van der Waals surface area contributed by atoms with Crippen LogP contribution < -0.4 is 10.6 Å². The Morgan fingerprint density at radius 2 is 1.92 bits per heavy atom. The van der Waals surface area contributed by atoms with Crippen molar-refractivity contribution in [3.05, 3.63) is 59.7 Å². The highest BCUT2D eigenvalue weighted by Crippen LogP contribution is 2.46. The van der Waals surface area contributed by atoms with Crippen molar-refractivity contribution in [2.45, 2.75) is 19.3 Å². The van der Waals surface area contributed by atoms with Crippen LogP contribution in [0.25, 0.3) is 0 Å². The van der Waals surface area contributed by atoms with Crippen molar-refractivity contribution in [1.82, 2.24) is 9.97 Å². The molecule has 7 nitrogen and oxygen atoms in total. The number of fused-ring (bicyclic) bond motifs is 1. The molecule has 1 aliphatic heterocycles. The first kappa shape index (κ1) is 17.6. The Balaban J connectivity index is 1.74. The summed E-state index contributed by atoms with van der Waals surface area (Å²) in [6, 6.07) is 8.00. The second-order valence-electron chi connectivity index (χ2n) is 6.56. The number of aromatic nitrogens is 2. The smallest absolute Gasteiger partial charge is 0.361 e. The fourth-order valence-electron chi connectivity index (χ4n) is 3.16. The van der Waals surface area contributed by atoms with Crippen LogP contribution in [0.3, 0.4) is 0 Å². The lowest BCUT2D eigenvalue weighted by Crippen LogP contribution is -2.25. The molecule has 1 aliphatic rings. The Morgan fingerprint density at radius 1 is 1.23 bits per heavy atom. The zero-order valence-corrected chi connectivity index (χ0v) is 14.9. The van der Waals surface area contributed by atoms with Crippen LogP contribution in [0.1, 0.15) is 29.9 Å². The molecule has 26 heavy (non-hydrogen) atoms. The fraction of sp³-hybridized carbons (Fsp3) is 0.263. The van der Waals surface area contributed by atoms with E-state index in [4.69, 9.17) is 10.5 Å². The maximum atomic E-state index is 12.4. The summed E-state index contributed by atoms with van der Waals surface area (Å²) in [5, 5.41) is 0. The molecular weight excluding hydrogens is 332 g/mol. The zero-order chi connectivity index (χ0) is 18.9. The summed E-state index contributed by atoms with van der Waals surface area (Å²) in [6.07, 6.45) is 4.23. The second-order valence-corrected chi connectivity index (χ2v) is 6.56. The molecule has 2 heterocycles. The molecule has 0 radical (unpaired) electrons. The number of allylic oxidation sites excluding steroid dienone is 1. The van der Waals surface area contributed by atoms with Crippen molar-refractivity contribution >= 4 is 23.3 Å². The van der Waals surface area contributed by atoms with E-state index >= 15 is 0 Å². The number of carbonyl (C=O) groups is 2. The maximum Gasteiger partial charge on any atom is 0.361 e. The number of nitrogens with two attached hydrogens (primary N) is 1. The van der Waals surface area contributed by atoms with Crippen LogP contribution in [-0.4, -0.2) is 35.4 Å². The fourth-order valence-corrected chi connectivity index (χ4v) is 3.16. The van der Waals surface area contributed by atoms with Crippen LogP contribution in [0.5, 0.6) is 0 Å². The summed E-state index contributed by atoms with van der Waals surface area (Å²) in [5.41, 5.74) is 8.21. The molecule has 7 heteroatoms. The second kappa shape index (κ2) is 6.59. The molecule has 134 valence electrons. The number of benzene rings is 1. The van der Waals surface area contributed by atoms with Gasteiger partial charge >= 0.3 is 5.97 Å². The molecule has 0 bridgehead atoms.